The number of halogens is 3. The largest absolute Gasteiger partial charge is 0.404 e. The van der Waals surface area contributed by atoms with E-state index < -0.39 is 24.0 Å². The quantitative estimate of drug-likeness (QED) is 0.888. The zero-order chi connectivity index (χ0) is 14.1. The molecule has 2 heterocycles. The normalized spacial score (nSPS) is 23.6. The number of carbonyl (C=O) groups excluding carboxylic acids is 1. The van der Waals surface area contributed by atoms with E-state index in [9.17, 15) is 18.0 Å². The molecule has 0 radical (unpaired) electrons. The molecule has 1 amide bonds. The lowest BCUT2D eigenvalue weighted by Gasteiger charge is -2.28. The zero-order valence-electron chi connectivity index (χ0n) is 10.2. The highest BCUT2D eigenvalue weighted by molar-refractivity contribution is 7.15. The van der Waals surface area contributed by atoms with Crippen LogP contribution in [0.5, 0.6) is 0 Å². The van der Waals surface area contributed by atoms with Crippen molar-refractivity contribution in [3.8, 4) is 0 Å². The van der Waals surface area contributed by atoms with Gasteiger partial charge in [-0.1, -0.05) is 18.3 Å². The molecule has 0 aliphatic carbocycles. The van der Waals surface area contributed by atoms with Crippen LogP contribution in [0.2, 0.25) is 0 Å². The van der Waals surface area contributed by atoms with Gasteiger partial charge in [0.2, 0.25) is 11.0 Å². The van der Waals surface area contributed by atoms with Gasteiger partial charge in [0.25, 0.3) is 0 Å². The Morgan fingerprint density at radius 1 is 1.53 bits per heavy atom. The molecule has 0 saturated carbocycles. The third-order valence-electron chi connectivity index (χ3n) is 3.12. The molecule has 106 valence electrons. The van der Waals surface area contributed by atoms with Crippen LogP contribution < -0.4 is 10.6 Å². The van der Waals surface area contributed by atoms with E-state index in [4.69, 9.17) is 0 Å². The highest BCUT2D eigenvalue weighted by Gasteiger charge is 2.61. The van der Waals surface area contributed by atoms with Gasteiger partial charge in [0.15, 0.2) is 5.41 Å². The van der Waals surface area contributed by atoms with Gasteiger partial charge >= 0.3 is 6.18 Å². The van der Waals surface area contributed by atoms with Crippen LogP contribution in [0.1, 0.15) is 18.4 Å². The van der Waals surface area contributed by atoms with Crippen LogP contribution in [0.4, 0.5) is 18.3 Å². The van der Waals surface area contributed by atoms with Crippen molar-refractivity contribution in [1.29, 1.82) is 0 Å². The van der Waals surface area contributed by atoms with Crippen molar-refractivity contribution in [1.82, 2.24) is 15.5 Å². The Balaban J connectivity index is 2.17. The molecule has 0 bridgehead atoms. The number of hydrogen-bond donors (Lipinski definition) is 2. The fourth-order valence-corrected chi connectivity index (χ4v) is 2.59. The van der Waals surface area contributed by atoms with Crippen LogP contribution in [0.25, 0.3) is 0 Å². The number of nitrogens with one attached hydrogen (secondary N) is 2. The molecular formula is C10H13F3N4OS. The number of amides is 1. The first-order valence-corrected chi connectivity index (χ1v) is 6.62. The van der Waals surface area contributed by atoms with Crippen LogP contribution >= 0.6 is 11.3 Å². The van der Waals surface area contributed by atoms with Crippen molar-refractivity contribution in [2.45, 2.75) is 25.9 Å². The molecule has 1 fully saturated rings. The van der Waals surface area contributed by atoms with E-state index >= 15 is 0 Å². The molecule has 0 spiro atoms. The number of aromatic nitrogens is 2. The van der Waals surface area contributed by atoms with E-state index in [1.54, 1.807) is 0 Å². The standard InChI is InChI=1S/C10H13F3N4OS/c1-2-6-16-17-8(19-6)15-7(18)9(10(11,12)13)3-4-14-5-9/h14H,2-5H2,1H3,(H,15,17,18). The average molecular weight is 294 g/mol. The van der Waals surface area contributed by atoms with Crippen LogP contribution in [0.3, 0.4) is 0 Å². The summed E-state index contributed by atoms with van der Waals surface area (Å²) in [6, 6.07) is 0. The second-order valence-corrected chi connectivity index (χ2v) is 5.38. The molecule has 5 nitrogen and oxygen atoms in total. The Morgan fingerprint density at radius 2 is 2.26 bits per heavy atom. The lowest BCUT2D eigenvalue weighted by molar-refractivity contribution is -0.213. The third kappa shape index (κ3) is 2.57. The lowest BCUT2D eigenvalue weighted by Crippen LogP contribution is -2.49. The summed E-state index contributed by atoms with van der Waals surface area (Å²) < 4.78 is 39.3. The van der Waals surface area contributed by atoms with E-state index in [1.807, 2.05) is 6.92 Å². The van der Waals surface area contributed by atoms with Gasteiger partial charge in [-0.2, -0.15) is 13.2 Å². The van der Waals surface area contributed by atoms with E-state index in [-0.39, 0.29) is 18.1 Å². The maximum absolute atomic E-state index is 13.1. The summed E-state index contributed by atoms with van der Waals surface area (Å²) in [5.74, 6) is -1.07. The maximum Gasteiger partial charge on any atom is 0.404 e. The predicted molar refractivity (Wildman–Crippen MR) is 63.9 cm³/mol. The molecule has 1 aromatic rings. The van der Waals surface area contributed by atoms with Gasteiger partial charge in [-0.15, -0.1) is 10.2 Å². The number of anilines is 1. The Kier molecular flexibility index (Phi) is 3.77. The van der Waals surface area contributed by atoms with Crippen molar-refractivity contribution in [3.05, 3.63) is 5.01 Å². The van der Waals surface area contributed by atoms with Gasteiger partial charge in [0.1, 0.15) is 5.01 Å². The maximum atomic E-state index is 13.1. The van der Waals surface area contributed by atoms with Gasteiger partial charge in [-0.25, -0.2) is 0 Å². The van der Waals surface area contributed by atoms with Crippen LogP contribution in [0, 0.1) is 5.41 Å². The number of aryl methyl sites for hydroxylation is 1. The minimum absolute atomic E-state index is 0.109. The SMILES string of the molecule is CCc1nnc(NC(=O)C2(C(F)(F)F)CCNC2)s1. The first-order chi connectivity index (χ1) is 8.89. The summed E-state index contributed by atoms with van der Waals surface area (Å²) >= 11 is 1.09. The van der Waals surface area contributed by atoms with Crippen molar-refractivity contribution in [2.75, 3.05) is 18.4 Å². The van der Waals surface area contributed by atoms with Crippen LogP contribution in [0.15, 0.2) is 0 Å². The fraction of sp³-hybridized carbons (Fsp3) is 0.700. The van der Waals surface area contributed by atoms with Crippen LogP contribution in [-0.4, -0.2) is 35.4 Å². The van der Waals surface area contributed by atoms with Gasteiger partial charge in [-0.3, -0.25) is 10.1 Å². The summed E-state index contributed by atoms with van der Waals surface area (Å²) in [4.78, 5) is 11.9. The van der Waals surface area contributed by atoms with E-state index in [0.717, 1.165) is 11.3 Å². The number of hydrogen-bond acceptors (Lipinski definition) is 5. The molecular weight excluding hydrogens is 281 g/mol. The Morgan fingerprint density at radius 3 is 2.74 bits per heavy atom. The number of alkyl halides is 3. The molecule has 1 atom stereocenters. The Labute approximate surface area is 111 Å². The summed E-state index contributed by atoms with van der Waals surface area (Å²) in [7, 11) is 0. The molecule has 1 aliphatic heterocycles. The van der Waals surface area contributed by atoms with Crippen molar-refractivity contribution in [3.63, 3.8) is 0 Å². The van der Waals surface area contributed by atoms with Gasteiger partial charge < -0.3 is 5.32 Å². The zero-order valence-corrected chi connectivity index (χ0v) is 11.0. The molecule has 0 aromatic carbocycles. The first kappa shape index (κ1) is 14.2. The van der Waals surface area contributed by atoms with Crippen LogP contribution in [-0.2, 0) is 11.2 Å². The van der Waals surface area contributed by atoms with Gasteiger partial charge in [0.05, 0.1) is 0 Å². The molecule has 2 rings (SSSR count). The minimum atomic E-state index is -4.58. The lowest BCUT2D eigenvalue weighted by atomic mass is 9.85. The summed E-state index contributed by atoms with van der Waals surface area (Å²) in [5.41, 5.74) is -2.37. The first-order valence-electron chi connectivity index (χ1n) is 5.80. The van der Waals surface area contributed by atoms with Crippen molar-refractivity contribution >= 4 is 22.4 Å². The summed E-state index contributed by atoms with van der Waals surface area (Å²) in [6.45, 7) is 1.62. The topological polar surface area (TPSA) is 66.9 Å². The second kappa shape index (κ2) is 5.04. The molecule has 19 heavy (non-hydrogen) atoms. The summed E-state index contributed by atoms with van der Waals surface area (Å²) in [6.07, 6.45) is -4.22. The molecule has 2 N–H and O–H groups in total. The van der Waals surface area contributed by atoms with E-state index in [1.165, 1.54) is 0 Å². The van der Waals surface area contributed by atoms with E-state index in [0.29, 0.717) is 11.4 Å². The number of nitrogens with zero attached hydrogens (tertiary/aromatic N) is 2. The highest BCUT2D eigenvalue weighted by atomic mass is 32.1. The van der Waals surface area contributed by atoms with Gasteiger partial charge in [-0.05, 0) is 19.4 Å². The minimum Gasteiger partial charge on any atom is -0.315 e. The smallest absolute Gasteiger partial charge is 0.315 e. The molecule has 1 saturated heterocycles. The van der Waals surface area contributed by atoms with E-state index in [2.05, 4.69) is 20.8 Å². The molecule has 1 unspecified atom stereocenters. The summed E-state index contributed by atoms with van der Waals surface area (Å²) in [5, 5.41) is 13.0. The predicted octanol–water partition coefficient (Wildman–Crippen LogP) is 1.58. The molecule has 9 heteroatoms. The molecule has 1 aliphatic rings. The average Bonchev–Trinajstić information content (AvgIpc) is 2.96. The van der Waals surface area contributed by atoms with Crippen molar-refractivity contribution in [2.24, 2.45) is 5.41 Å². The molecule has 1 aromatic heterocycles. The number of rotatable bonds is 3. The fourth-order valence-electron chi connectivity index (χ4n) is 1.92. The number of carbonyl (C=O) groups is 1. The van der Waals surface area contributed by atoms with Crippen molar-refractivity contribution < 1.29 is 18.0 Å². The van der Waals surface area contributed by atoms with Gasteiger partial charge in [0, 0.05) is 6.54 Å². The monoisotopic (exact) mass is 294 g/mol. The third-order valence-corrected chi connectivity index (χ3v) is 4.11. The highest BCUT2D eigenvalue weighted by Crippen LogP contribution is 2.43. The second-order valence-electron chi connectivity index (χ2n) is 4.32. The Bertz CT molecular complexity index is 468. The Hall–Kier alpha value is -1.22.